The van der Waals surface area contributed by atoms with E-state index < -0.39 is 5.43 Å². The number of benzene rings is 2. The van der Waals surface area contributed by atoms with Gasteiger partial charge in [-0.05, 0) is 31.2 Å². The highest BCUT2D eigenvalue weighted by molar-refractivity contribution is 5.89. The molecule has 2 aromatic carbocycles. The van der Waals surface area contributed by atoms with Crippen molar-refractivity contribution in [2.24, 2.45) is 0 Å². The molecule has 0 saturated carbocycles. The fourth-order valence-electron chi connectivity index (χ4n) is 2.72. The van der Waals surface area contributed by atoms with E-state index in [1.54, 1.807) is 44.4 Å². The first kappa shape index (κ1) is 16.7. The fourth-order valence-corrected chi connectivity index (χ4v) is 2.72. The van der Waals surface area contributed by atoms with Gasteiger partial charge in [-0.15, -0.1) is 0 Å². The zero-order valence-electron chi connectivity index (χ0n) is 14.4. The molecule has 0 fully saturated rings. The van der Waals surface area contributed by atoms with E-state index in [1.807, 2.05) is 0 Å². The highest BCUT2D eigenvalue weighted by Crippen LogP contribution is 2.38. The molecular formula is C19H18O6. The molecule has 3 rings (SSSR count). The van der Waals surface area contributed by atoms with Crippen LogP contribution in [0.4, 0.5) is 0 Å². The van der Waals surface area contributed by atoms with Crippen LogP contribution in [0.1, 0.15) is 5.56 Å². The lowest BCUT2D eigenvalue weighted by Crippen LogP contribution is -2.08. The summed E-state index contributed by atoms with van der Waals surface area (Å²) in [4.78, 5) is 12.8. The normalized spacial score (nSPS) is 10.7. The van der Waals surface area contributed by atoms with Crippen molar-refractivity contribution in [3.63, 3.8) is 0 Å². The maximum atomic E-state index is 12.8. The molecule has 0 aliphatic carbocycles. The standard InChI is InChI=1S/C19H18O6/c1-10-13(23-3)9-14-15(16(10)20)17(21)19(24-4)18(25-14)11-5-7-12(22-2)8-6-11/h5-9,20H,1-4H3. The fraction of sp³-hybridized carbons (Fsp3) is 0.211. The van der Waals surface area contributed by atoms with Crippen LogP contribution in [0.5, 0.6) is 23.0 Å². The van der Waals surface area contributed by atoms with E-state index in [-0.39, 0.29) is 28.2 Å². The second-order valence-corrected chi connectivity index (χ2v) is 5.45. The molecule has 0 radical (unpaired) electrons. The number of hydrogen-bond donors (Lipinski definition) is 1. The minimum atomic E-state index is -0.446. The Morgan fingerprint density at radius 1 is 1.00 bits per heavy atom. The zero-order chi connectivity index (χ0) is 18.1. The van der Waals surface area contributed by atoms with E-state index in [9.17, 15) is 9.90 Å². The van der Waals surface area contributed by atoms with Crippen LogP contribution in [-0.4, -0.2) is 26.4 Å². The van der Waals surface area contributed by atoms with Crippen LogP contribution in [0.25, 0.3) is 22.3 Å². The van der Waals surface area contributed by atoms with E-state index in [0.717, 1.165) is 0 Å². The third-order valence-corrected chi connectivity index (χ3v) is 4.10. The van der Waals surface area contributed by atoms with Crippen LogP contribution >= 0.6 is 0 Å². The van der Waals surface area contributed by atoms with Crippen molar-refractivity contribution in [2.45, 2.75) is 6.92 Å². The maximum Gasteiger partial charge on any atom is 0.239 e. The lowest BCUT2D eigenvalue weighted by molar-refractivity contribution is 0.393. The van der Waals surface area contributed by atoms with Crippen molar-refractivity contribution in [3.8, 4) is 34.3 Å². The summed E-state index contributed by atoms with van der Waals surface area (Å²) >= 11 is 0. The molecular weight excluding hydrogens is 324 g/mol. The van der Waals surface area contributed by atoms with Crippen LogP contribution in [-0.2, 0) is 0 Å². The van der Waals surface area contributed by atoms with E-state index in [4.69, 9.17) is 18.6 Å². The number of methoxy groups -OCH3 is 3. The Kier molecular flexibility index (Phi) is 4.27. The third kappa shape index (κ3) is 2.65. The molecule has 0 unspecified atom stereocenters. The Bertz CT molecular complexity index is 986. The van der Waals surface area contributed by atoms with Crippen LogP contribution in [0.15, 0.2) is 39.5 Å². The van der Waals surface area contributed by atoms with E-state index in [0.29, 0.717) is 22.6 Å². The molecule has 1 aromatic heterocycles. The first-order valence-electron chi connectivity index (χ1n) is 7.57. The minimum Gasteiger partial charge on any atom is -0.507 e. The number of ether oxygens (including phenoxy) is 3. The van der Waals surface area contributed by atoms with Gasteiger partial charge in [-0.1, -0.05) is 0 Å². The predicted octanol–water partition coefficient (Wildman–Crippen LogP) is 3.50. The average Bonchev–Trinajstić information content (AvgIpc) is 2.64. The number of aromatic hydroxyl groups is 1. The van der Waals surface area contributed by atoms with Gasteiger partial charge in [0.25, 0.3) is 0 Å². The molecule has 0 bridgehead atoms. The Balaban J connectivity index is 2.35. The van der Waals surface area contributed by atoms with E-state index in [1.165, 1.54) is 14.2 Å². The molecule has 25 heavy (non-hydrogen) atoms. The number of phenols is 1. The van der Waals surface area contributed by atoms with Crippen LogP contribution in [0.3, 0.4) is 0 Å². The van der Waals surface area contributed by atoms with Crippen molar-refractivity contribution in [1.29, 1.82) is 0 Å². The largest absolute Gasteiger partial charge is 0.507 e. The second-order valence-electron chi connectivity index (χ2n) is 5.45. The number of phenolic OH excluding ortho intramolecular Hbond substituents is 1. The quantitative estimate of drug-likeness (QED) is 0.782. The molecule has 3 aromatic rings. The highest BCUT2D eigenvalue weighted by atomic mass is 16.5. The Labute approximate surface area is 144 Å². The molecule has 1 N–H and O–H groups in total. The molecule has 0 amide bonds. The molecule has 0 atom stereocenters. The monoisotopic (exact) mass is 342 g/mol. The van der Waals surface area contributed by atoms with Crippen molar-refractivity contribution in [2.75, 3.05) is 21.3 Å². The van der Waals surface area contributed by atoms with Gasteiger partial charge in [0.15, 0.2) is 5.76 Å². The lowest BCUT2D eigenvalue weighted by Gasteiger charge is -2.13. The van der Waals surface area contributed by atoms with Crippen molar-refractivity contribution in [1.82, 2.24) is 0 Å². The SMILES string of the molecule is COc1ccc(-c2oc3cc(OC)c(C)c(O)c3c(=O)c2OC)cc1. The first-order valence-corrected chi connectivity index (χ1v) is 7.57. The molecule has 0 aliphatic rings. The average molecular weight is 342 g/mol. The summed E-state index contributed by atoms with van der Waals surface area (Å²) in [5.41, 5.74) is 0.881. The summed E-state index contributed by atoms with van der Waals surface area (Å²) in [6, 6.07) is 8.62. The lowest BCUT2D eigenvalue weighted by atomic mass is 10.1. The maximum absolute atomic E-state index is 12.8. The minimum absolute atomic E-state index is 0.0255. The number of rotatable bonds is 4. The van der Waals surface area contributed by atoms with Crippen LogP contribution < -0.4 is 19.6 Å². The van der Waals surface area contributed by atoms with Crippen molar-refractivity contribution in [3.05, 3.63) is 46.1 Å². The summed E-state index contributed by atoms with van der Waals surface area (Å²) in [6.07, 6.45) is 0. The summed E-state index contributed by atoms with van der Waals surface area (Å²) in [5, 5.41) is 10.5. The van der Waals surface area contributed by atoms with Gasteiger partial charge in [0, 0.05) is 17.2 Å². The van der Waals surface area contributed by atoms with Gasteiger partial charge < -0.3 is 23.7 Å². The molecule has 0 spiro atoms. The highest BCUT2D eigenvalue weighted by Gasteiger charge is 2.22. The van der Waals surface area contributed by atoms with Gasteiger partial charge in [0.05, 0.1) is 21.3 Å². The molecule has 6 nitrogen and oxygen atoms in total. The second kappa shape index (κ2) is 6.39. The summed E-state index contributed by atoms with van der Waals surface area (Å²) in [6.45, 7) is 1.66. The van der Waals surface area contributed by atoms with E-state index >= 15 is 0 Å². The van der Waals surface area contributed by atoms with Gasteiger partial charge in [-0.3, -0.25) is 4.79 Å². The molecule has 6 heteroatoms. The number of hydrogen-bond acceptors (Lipinski definition) is 6. The molecule has 0 saturated heterocycles. The molecule has 130 valence electrons. The predicted molar refractivity (Wildman–Crippen MR) is 94.0 cm³/mol. The van der Waals surface area contributed by atoms with E-state index in [2.05, 4.69) is 0 Å². The van der Waals surface area contributed by atoms with Gasteiger partial charge in [0.1, 0.15) is 28.2 Å². The van der Waals surface area contributed by atoms with Gasteiger partial charge >= 0.3 is 0 Å². The molecule has 1 heterocycles. The summed E-state index contributed by atoms with van der Waals surface area (Å²) in [7, 11) is 4.45. The van der Waals surface area contributed by atoms with Gasteiger partial charge in [-0.25, -0.2) is 0 Å². The Hall–Kier alpha value is -3.15. The van der Waals surface area contributed by atoms with Gasteiger partial charge in [-0.2, -0.15) is 0 Å². The Morgan fingerprint density at radius 2 is 1.68 bits per heavy atom. The first-order chi connectivity index (χ1) is 12.0. The van der Waals surface area contributed by atoms with Crippen molar-refractivity contribution < 1.29 is 23.7 Å². The Morgan fingerprint density at radius 3 is 2.24 bits per heavy atom. The number of fused-ring (bicyclic) bond motifs is 1. The smallest absolute Gasteiger partial charge is 0.239 e. The van der Waals surface area contributed by atoms with Crippen LogP contribution in [0.2, 0.25) is 0 Å². The summed E-state index contributed by atoms with van der Waals surface area (Å²) < 4.78 is 21.5. The van der Waals surface area contributed by atoms with Gasteiger partial charge in [0.2, 0.25) is 11.2 Å². The van der Waals surface area contributed by atoms with Crippen molar-refractivity contribution >= 4 is 11.0 Å². The topological polar surface area (TPSA) is 78.1 Å². The van der Waals surface area contributed by atoms with Crippen LogP contribution in [0, 0.1) is 6.92 Å². The molecule has 0 aliphatic heterocycles. The summed E-state index contributed by atoms with van der Waals surface area (Å²) in [5.74, 6) is 1.23. The zero-order valence-corrected chi connectivity index (χ0v) is 14.4. The third-order valence-electron chi connectivity index (χ3n) is 4.10.